The molecule has 1 aromatic rings. The van der Waals surface area contributed by atoms with Crippen LogP contribution in [0.4, 0.5) is 0 Å². The van der Waals surface area contributed by atoms with E-state index in [0.29, 0.717) is 0 Å². The SMILES string of the molecule is COCCCSCC(N)c1c(C)cc(C)cc1C. The molecular formula is C15H25NOS. The molecule has 0 amide bonds. The van der Waals surface area contributed by atoms with Crippen LogP contribution in [-0.4, -0.2) is 25.2 Å². The Balaban J connectivity index is 2.53. The number of nitrogens with two attached hydrogens (primary N) is 1. The third-order valence-electron chi connectivity index (χ3n) is 3.04. The smallest absolute Gasteiger partial charge is 0.0470 e. The van der Waals surface area contributed by atoms with Gasteiger partial charge in [0.1, 0.15) is 0 Å². The second-order valence-electron chi connectivity index (χ2n) is 4.84. The molecule has 0 spiro atoms. The average Bonchev–Trinajstić information content (AvgIpc) is 2.27. The fraction of sp³-hybridized carbons (Fsp3) is 0.600. The van der Waals surface area contributed by atoms with Crippen molar-refractivity contribution in [2.24, 2.45) is 5.73 Å². The van der Waals surface area contributed by atoms with Crippen LogP contribution in [0, 0.1) is 20.8 Å². The Morgan fingerprint density at radius 1 is 1.22 bits per heavy atom. The van der Waals surface area contributed by atoms with Crippen molar-refractivity contribution < 1.29 is 4.74 Å². The Morgan fingerprint density at radius 3 is 2.39 bits per heavy atom. The molecule has 0 saturated heterocycles. The Morgan fingerprint density at radius 2 is 1.83 bits per heavy atom. The third-order valence-corrected chi connectivity index (χ3v) is 4.22. The molecule has 3 heteroatoms. The molecule has 0 radical (unpaired) electrons. The first-order chi connectivity index (χ1) is 8.56. The fourth-order valence-corrected chi connectivity index (χ4v) is 3.28. The molecule has 0 saturated carbocycles. The molecule has 1 aromatic carbocycles. The summed E-state index contributed by atoms with van der Waals surface area (Å²) in [5.74, 6) is 2.10. The molecule has 0 heterocycles. The van der Waals surface area contributed by atoms with Crippen molar-refractivity contribution in [1.29, 1.82) is 0 Å². The summed E-state index contributed by atoms with van der Waals surface area (Å²) in [6, 6.07) is 4.58. The Kier molecular flexibility index (Phi) is 6.76. The summed E-state index contributed by atoms with van der Waals surface area (Å²) in [5.41, 5.74) is 11.6. The van der Waals surface area contributed by atoms with Crippen LogP contribution < -0.4 is 5.73 Å². The van der Waals surface area contributed by atoms with Crippen molar-refractivity contribution in [1.82, 2.24) is 0 Å². The van der Waals surface area contributed by atoms with Crippen LogP contribution in [0.3, 0.4) is 0 Å². The lowest BCUT2D eigenvalue weighted by Gasteiger charge is -2.18. The highest BCUT2D eigenvalue weighted by atomic mass is 32.2. The molecule has 0 fully saturated rings. The first-order valence-electron chi connectivity index (χ1n) is 6.46. The number of benzene rings is 1. The number of thioether (sulfide) groups is 1. The molecule has 102 valence electrons. The lowest BCUT2D eigenvalue weighted by atomic mass is 9.95. The quantitative estimate of drug-likeness (QED) is 0.769. The molecule has 2 nitrogen and oxygen atoms in total. The van der Waals surface area contributed by atoms with Gasteiger partial charge in [-0.1, -0.05) is 17.7 Å². The van der Waals surface area contributed by atoms with Crippen molar-refractivity contribution >= 4 is 11.8 Å². The molecule has 1 rings (SSSR count). The van der Waals surface area contributed by atoms with Crippen LogP contribution in [0.25, 0.3) is 0 Å². The van der Waals surface area contributed by atoms with Crippen LogP contribution in [0.2, 0.25) is 0 Å². The number of hydrogen-bond donors (Lipinski definition) is 1. The predicted octanol–water partition coefficient (Wildman–Crippen LogP) is 3.38. The van der Waals surface area contributed by atoms with Crippen molar-refractivity contribution in [2.75, 3.05) is 25.2 Å². The van der Waals surface area contributed by atoms with E-state index in [-0.39, 0.29) is 6.04 Å². The standard InChI is InChI=1S/C15H25NOS/c1-11-8-12(2)15(13(3)9-11)14(16)10-18-7-5-6-17-4/h8-9,14H,5-7,10,16H2,1-4H3. The maximum Gasteiger partial charge on any atom is 0.0470 e. The number of hydrogen-bond acceptors (Lipinski definition) is 3. The minimum absolute atomic E-state index is 0.137. The van der Waals surface area contributed by atoms with E-state index in [1.807, 2.05) is 11.8 Å². The lowest BCUT2D eigenvalue weighted by molar-refractivity contribution is 0.200. The van der Waals surface area contributed by atoms with E-state index in [4.69, 9.17) is 10.5 Å². The maximum atomic E-state index is 6.31. The molecule has 1 atom stereocenters. The van der Waals surface area contributed by atoms with E-state index in [9.17, 15) is 0 Å². The molecule has 0 aromatic heterocycles. The van der Waals surface area contributed by atoms with Gasteiger partial charge in [0.15, 0.2) is 0 Å². The number of methoxy groups -OCH3 is 1. The summed E-state index contributed by atoms with van der Waals surface area (Å²) < 4.78 is 5.04. The first-order valence-corrected chi connectivity index (χ1v) is 7.61. The monoisotopic (exact) mass is 267 g/mol. The van der Waals surface area contributed by atoms with E-state index in [1.165, 1.54) is 22.3 Å². The zero-order valence-electron chi connectivity index (χ0n) is 12.0. The Hall–Kier alpha value is -0.510. The summed E-state index contributed by atoms with van der Waals surface area (Å²) in [6.45, 7) is 7.29. The summed E-state index contributed by atoms with van der Waals surface area (Å²) >= 11 is 1.91. The molecule has 0 aliphatic rings. The Labute approximate surface area is 115 Å². The highest BCUT2D eigenvalue weighted by Gasteiger charge is 2.12. The first kappa shape index (κ1) is 15.5. The van der Waals surface area contributed by atoms with E-state index in [1.54, 1.807) is 7.11 Å². The molecule has 0 aliphatic carbocycles. The van der Waals surface area contributed by atoms with Gasteiger partial charge in [-0.05, 0) is 49.6 Å². The van der Waals surface area contributed by atoms with Crippen molar-refractivity contribution in [3.8, 4) is 0 Å². The van der Waals surface area contributed by atoms with Crippen LogP contribution in [0.5, 0.6) is 0 Å². The van der Waals surface area contributed by atoms with Crippen LogP contribution in [-0.2, 0) is 4.74 Å². The second-order valence-corrected chi connectivity index (χ2v) is 5.99. The summed E-state index contributed by atoms with van der Waals surface area (Å²) in [4.78, 5) is 0. The van der Waals surface area contributed by atoms with Crippen molar-refractivity contribution in [2.45, 2.75) is 33.2 Å². The van der Waals surface area contributed by atoms with Gasteiger partial charge in [-0.25, -0.2) is 0 Å². The van der Waals surface area contributed by atoms with Gasteiger partial charge < -0.3 is 10.5 Å². The van der Waals surface area contributed by atoms with Crippen LogP contribution in [0.15, 0.2) is 12.1 Å². The lowest BCUT2D eigenvalue weighted by Crippen LogP contribution is -2.16. The second kappa shape index (κ2) is 7.82. The largest absolute Gasteiger partial charge is 0.385 e. The highest BCUT2D eigenvalue weighted by Crippen LogP contribution is 2.24. The van der Waals surface area contributed by atoms with E-state index in [2.05, 4.69) is 32.9 Å². The zero-order chi connectivity index (χ0) is 13.5. The van der Waals surface area contributed by atoms with Gasteiger partial charge >= 0.3 is 0 Å². The number of ether oxygens (including phenoxy) is 1. The van der Waals surface area contributed by atoms with Gasteiger partial charge in [-0.15, -0.1) is 0 Å². The van der Waals surface area contributed by atoms with E-state index >= 15 is 0 Å². The molecule has 0 aliphatic heterocycles. The Bertz CT molecular complexity index is 356. The van der Waals surface area contributed by atoms with Gasteiger partial charge in [0, 0.05) is 25.5 Å². The minimum Gasteiger partial charge on any atom is -0.385 e. The molecule has 18 heavy (non-hydrogen) atoms. The van der Waals surface area contributed by atoms with Gasteiger partial charge in [0.25, 0.3) is 0 Å². The molecule has 2 N–H and O–H groups in total. The van der Waals surface area contributed by atoms with Crippen LogP contribution in [0.1, 0.15) is 34.7 Å². The van der Waals surface area contributed by atoms with Gasteiger partial charge in [0.05, 0.1) is 0 Å². The average molecular weight is 267 g/mol. The van der Waals surface area contributed by atoms with Crippen molar-refractivity contribution in [3.63, 3.8) is 0 Å². The van der Waals surface area contributed by atoms with E-state index in [0.717, 1.165) is 24.5 Å². The maximum absolute atomic E-state index is 6.31. The minimum atomic E-state index is 0.137. The zero-order valence-corrected chi connectivity index (χ0v) is 12.8. The van der Waals surface area contributed by atoms with Gasteiger partial charge in [-0.3, -0.25) is 0 Å². The van der Waals surface area contributed by atoms with Crippen LogP contribution >= 0.6 is 11.8 Å². The van der Waals surface area contributed by atoms with Gasteiger partial charge in [0.2, 0.25) is 0 Å². The van der Waals surface area contributed by atoms with Crippen molar-refractivity contribution in [3.05, 3.63) is 34.4 Å². The number of rotatable bonds is 7. The molecule has 1 unspecified atom stereocenters. The third kappa shape index (κ3) is 4.63. The summed E-state index contributed by atoms with van der Waals surface area (Å²) in [7, 11) is 1.75. The number of aryl methyl sites for hydroxylation is 3. The summed E-state index contributed by atoms with van der Waals surface area (Å²) in [5, 5.41) is 0. The normalized spacial score (nSPS) is 12.7. The fourth-order valence-electron chi connectivity index (χ4n) is 2.38. The summed E-state index contributed by atoms with van der Waals surface area (Å²) in [6.07, 6.45) is 1.10. The van der Waals surface area contributed by atoms with E-state index < -0.39 is 0 Å². The van der Waals surface area contributed by atoms with Gasteiger partial charge in [-0.2, -0.15) is 11.8 Å². The molecular weight excluding hydrogens is 242 g/mol. The molecule has 0 bridgehead atoms. The highest BCUT2D eigenvalue weighted by molar-refractivity contribution is 7.99. The topological polar surface area (TPSA) is 35.2 Å². The predicted molar refractivity (Wildman–Crippen MR) is 81.4 cm³/mol.